The molecule has 0 aromatic rings. The first-order valence-electron chi connectivity index (χ1n) is 5.13. The molecule has 2 bridgehead atoms. The first-order chi connectivity index (χ1) is 7.06. The van der Waals surface area contributed by atoms with Crippen LogP contribution in [-0.4, -0.2) is 18.0 Å². The van der Waals surface area contributed by atoms with Crippen LogP contribution in [0.3, 0.4) is 0 Å². The second-order valence-electron chi connectivity index (χ2n) is 4.14. The molecule has 0 aliphatic heterocycles. The maximum atomic E-state index is 10.9. The van der Waals surface area contributed by atoms with E-state index in [9.17, 15) is 9.59 Å². The highest BCUT2D eigenvalue weighted by molar-refractivity contribution is 5.68. The van der Waals surface area contributed by atoms with Crippen molar-refractivity contribution >= 4 is 11.9 Å². The Labute approximate surface area is 88.2 Å². The molecule has 3 rings (SSSR count). The molecular formula is C11H14O4. The van der Waals surface area contributed by atoms with E-state index in [2.05, 4.69) is 0 Å². The highest BCUT2D eigenvalue weighted by Crippen LogP contribution is 2.46. The van der Waals surface area contributed by atoms with Gasteiger partial charge in [0.2, 0.25) is 0 Å². The first kappa shape index (κ1) is 10.2. The van der Waals surface area contributed by atoms with Crippen LogP contribution >= 0.6 is 0 Å². The average molecular weight is 210 g/mol. The van der Waals surface area contributed by atoms with Gasteiger partial charge in [-0.3, -0.25) is 9.59 Å². The highest BCUT2D eigenvalue weighted by atomic mass is 16.6. The van der Waals surface area contributed by atoms with Crippen molar-refractivity contribution in [1.29, 1.82) is 0 Å². The first-order valence-corrected chi connectivity index (χ1v) is 5.13. The largest absolute Gasteiger partial charge is 0.462 e. The van der Waals surface area contributed by atoms with Gasteiger partial charge in [-0.1, -0.05) is 0 Å². The second-order valence-corrected chi connectivity index (χ2v) is 4.14. The Bertz CT molecular complexity index is 334. The Hall–Kier alpha value is -1.32. The van der Waals surface area contributed by atoms with Gasteiger partial charge in [0.1, 0.15) is 11.9 Å². The quantitative estimate of drug-likeness (QED) is 0.649. The molecule has 0 N–H and O–H groups in total. The minimum absolute atomic E-state index is 0.102. The van der Waals surface area contributed by atoms with Gasteiger partial charge in [-0.2, -0.15) is 0 Å². The molecule has 1 unspecified atom stereocenters. The second kappa shape index (κ2) is 3.68. The standard InChI is InChI=1S/C11H14O4/c1-6(12)14-10-5-11(15-7(2)13)9-3-8(10)4-9/h8,10H,3-5H2,1-2H3. The number of esters is 2. The van der Waals surface area contributed by atoms with Crippen molar-refractivity contribution in [3.8, 4) is 0 Å². The third-order valence-corrected chi connectivity index (χ3v) is 2.91. The van der Waals surface area contributed by atoms with Gasteiger partial charge in [-0.15, -0.1) is 0 Å². The molecule has 3 aliphatic carbocycles. The summed E-state index contributed by atoms with van der Waals surface area (Å²) in [6.45, 7) is 2.79. The summed E-state index contributed by atoms with van der Waals surface area (Å²) in [6.07, 6.45) is 2.26. The van der Waals surface area contributed by atoms with Gasteiger partial charge in [0.25, 0.3) is 0 Å². The number of hydrogen-bond acceptors (Lipinski definition) is 4. The van der Waals surface area contributed by atoms with Crippen LogP contribution < -0.4 is 0 Å². The summed E-state index contributed by atoms with van der Waals surface area (Å²) in [7, 11) is 0. The van der Waals surface area contributed by atoms with E-state index in [4.69, 9.17) is 9.47 Å². The van der Waals surface area contributed by atoms with E-state index >= 15 is 0 Å². The third kappa shape index (κ3) is 2.03. The van der Waals surface area contributed by atoms with Crippen molar-refractivity contribution in [2.45, 2.75) is 39.2 Å². The zero-order valence-corrected chi connectivity index (χ0v) is 8.91. The molecule has 15 heavy (non-hydrogen) atoms. The number of ether oxygens (including phenoxy) is 2. The monoisotopic (exact) mass is 210 g/mol. The Balaban J connectivity index is 2.02. The maximum Gasteiger partial charge on any atom is 0.307 e. The number of fused-ring (bicyclic) bond motifs is 2. The molecule has 0 amide bonds. The zero-order chi connectivity index (χ0) is 11.0. The summed E-state index contributed by atoms with van der Waals surface area (Å²) in [5.74, 6) is 0.585. The van der Waals surface area contributed by atoms with Crippen LogP contribution in [0.5, 0.6) is 0 Å². The number of hydrogen-bond donors (Lipinski definition) is 0. The fraction of sp³-hybridized carbons (Fsp3) is 0.636. The fourth-order valence-electron chi connectivity index (χ4n) is 2.20. The summed E-state index contributed by atoms with van der Waals surface area (Å²) in [4.78, 5) is 21.7. The van der Waals surface area contributed by atoms with Crippen LogP contribution in [0.4, 0.5) is 0 Å². The minimum Gasteiger partial charge on any atom is -0.462 e. The average Bonchev–Trinajstić information content (AvgIpc) is 1.97. The molecule has 4 nitrogen and oxygen atoms in total. The Kier molecular flexibility index (Phi) is 2.50. The van der Waals surface area contributed by atoms with Gasteiger partial charge in [-0.25, -0.2) is 0 Å². The van der Waals surface area contributed by atoms with Gasteiger partial charge in [0.15, 0.2) is 0 Å². The van der Waals surface area contributed by atoms with E-state index in [1.165, 1.54) is 19.4 Å². The van der Waals surface area contributed by atoms with Crippen molar-refractivity contribution in [2.75, 3.05) is 0 Å². The van der Waals surface area contributed by atoms with Crippen LogP contribution in [0.1, 0.15) is 33.1 Å². The molecule has 1 saturated carbocycles. The highest BCUT2D eigenvalue weighted by Gasteiger charge is 2.41. The Morgan fingerprint density at radius 1 is 1.13 bits per heavy atom. The van der Waals surface area contributed by atoms with Gasteiger partial charge >= 0.3 is 11.9 Å². The van der Waals surface area contributed by atoms with Gasteiger partial charge in [0.05, 0.1) is 0 Å². The van der Waals surface area contributed by atoms with E-state index in [1.54, 1.807) is 0 Å². The van der Waals surface area contributed by atoms with Crippen LogP contribution in [0.15, 0.2) is 11.3 Å². The van der Waals surface area contributed by atoms with Crippen molar-refractivity contribution in [3.05, 3.63) is 11.3 Å². The number of allylic oxidation sites excluding steroid dienone is 1. The van der Waals surface area contributed by atoms with Gasteiger partial charge in [-0.05, 0) is 18.4 Å². The number of rotatable bonds is 2. The van der Waals surface area contributed by atoms with Crippen LogP contribution in [-0.2, 0) is 19.1 Å². The van der Waals surface area contributed by atoms with Crippen molar-refractivity contribution < 1.29 is 19.1 Å². The summed E-state index contributed by atoms with van der Waals surface area (Å²) >= 11 is 0. The molecule has 4 heteroatoms. The normalized spacial score (nSPS) is 28.1. The number of carbonyl (C=O) groups is 2. The zero-order valence-electron chi connectivity index (χ0n) is 8.91. The molecule has 3 aliphatic rings. The van der Waals surface area contributed by atoms with Crippen molar-refractivity contribution in [2.24, 2.45) is 5.92 Å². The van der Waals surface area contributed by atoms with E-state index in [-0.39, 0.29) is 18.0 Å². The van der Waals surface area contributed by atoms with E-state index in [0.717, 1.165) is 18.6 Å². The Morgan fingerprint density at radius 3 is 2.33 bits per heavy atom. The van der Waals surface area contributed by atoms with Crippen molar-refractivity contribution in [3.63, 3.8) is 0 Å². The maximum absolute atomic E-state index is 10.9. The van der Waals surface area contributed by atoms with Crippen molar-refractivity contribution in [1.82, 2.24) is 0 Å². The lowest BCUT2D eigenvalue weighted by molar-refractivity contribution is -0.152. The summed E-state index contributed by atoms with van der Waals surface area (Å²) in [6, 6.07) is 0. The smallest absolute Gasteiger partial charge is 0.307 e. The van der Waals surface area contributed by atoms with E-state index in [1.807, 2.05) is 0 Å². The predicted molar refractivity (Wildman–Crippen MR) is 51.7 cm³/mol. The van der Waals surface area contributed by atoms with Gasteiger partial charge in [0, 0.05) is 26.2 Å². The molecule has 1 fully saturated rings. The van der Waals surface area contributed by atoms with Gasteiger partial charge < -0.3 is 9.47 Å². The Morgan fingerprint density at radius 2 is 1.80 bits per heavy atom. The van der Waals surface area contributed by atoms with E-state index < -0.39 is 0 Å². The molecule has 0 saturated heterocycles. The lowest BCUT2D eigenvalue weighted by Gasteiger charge is -2.41. The molecule has 0 aromatic heterocycles. The molecule has 0 radical (unpaired) electrons. The summed E-state index contributed by atoms with van der Waals surface area (Å²) < 4.78 is 10.3. The minimum atomic E-state index is -0.301. The van der Waals surface area contributed by atoms with E-state index in [0.29, 0.717) is 12.3 Å². The topological polar surface area (TPSA) is 52.6 Å². The molecule has 1 atom stereocenters. The predicted octanol–water partition coefficient (Wildman–Crippen LogP) is 1.55. The summed E-state index contributed by atoms with van der Waals surface area (Å²) in [5.41, 5.74) is 1.21. The SMILES string of the molecule is CC(=O)OC1=C2CC(C2)C(OC(C)=O)C1. The molecular weight excluding hydrogens is 196 g/mol. The van der Waals surface area contributed by atoms with Crippen LogP contribution in [0.2, 0.25) is 0 Å². The number of carbonyl (C=O) groups excluding carboxylic acids is 2. The van der Waals surface area contributed by atoms with Crippen LogP contribution in [0.25, 0.3) is 0 Å². The molecule has 82 valence electrons. The molecule has 0 aromatic carbocycles. The summed E-state index contributed by atoms with van der Waals surface area (Å²) in [5, 5.41) is 0. The lowest BCUT2D eigenvalue weighted by Crippen LogP contribution is -2.38. The van der Waals surface area contributed by atoms with Crippen LogP contribution in [0, 0.1) is 5.92 Å². The fourth-order valence-corrected chi connectivity index (χ4v) is 2.20. The molecule has 0 spiro atoms. The lowest BCUT2D eigenvalue weighted by atomic mass is 9.70. The molecule has 0 heterocycles. The third-order valence-electron chi connectivity index (χ3n) is 2.91.